The summed E-state index contributed by atoms with van der Waals surface area (Å²) in [5, 5.41) is 7.31. The molecule has 0 aliphatic carbocycles. The van der Waals surface area contributed by atoms with E-state index in [1.165, 1.54) is 5.56 Å². The lowest BCUT2D eigenvalue weighted by Gasteiger charge is -2.12. The Morgan fingerprint density at radius 2 is 2.00 bits per heavy atom. The Bertz CT molecular complexity index is 618. The number of benzene rings is 1. The van der Waals surface area contributed by atoms with Crippen LogP contribution in [0.4, 0.5) is 0 Å². The number of pyridine rings is 1. The molecule has 3 N–H and O–H groups in total. The Morgan fingerprint density at radius 3 is 2.55 bits per heavy atom. The number of ether oxygens (including phenoxy) is 1. The summed E-state index contributed by atoms with van der Waals surface area (Å²) in [6.07, 6.45) is 1.58. The van der Waals surface area contributed by atoms with Gasteiger partial charge in [0, 0.05) is 0 Å². The molecule has 0 atom stereocenters. The molecule has 1 aromatic carbocycles. The zero-order chi connectivity index (χ0) is 14.7. The zero-order valence-corrected chi connectivity index (χ0v) is 12.0. The smallest absolute Gasteiger partial charge is 0.145 e. The van der Waals surface area contributed by atoms with Gasteiger partial charge in [-0.2, -0.15) is 0 Å². The third-order valence-electron chi connectivity index (χ3n) is 3.12. The first-order valence-electron chi connectivity index (χ1n) is 6.56. The molecule has 0 spiro atoms. The summed E-state index contributed by atoms with van der Waals surface area (Å²) in [6.45, 7) is 6.31. The van der Waals surface area contributed by atoms with Gasteiger partial charge in [0.25, 0.3) is 0 Å². The molecule has 4 heteroatoms. The first-order valence-corrected chi connectivity index (χ1v) is 6.56. The third kappa shape index (κ3) is 3.15. The van der Waals surface area contributed by atoms with Gasteiger partial charge in [-0.1, -0.05) is 26.0 Å². The first-order chi connectivity index (χ1) is 9.47. The second-order valence-electron chi connectivity index (χ2n) is 5.07. The largest absolute Gasteiger partial charge is 0.455 e. The SMILES string of the molecule is Cc1ccc(C(C)C)cc1Oc1ccc(C(=N)N)nc1. The number of hydrogen-bond donors (Lipinski definition) is 2. The quantitative estimate of drug-likeness (QED) is 0.658. The second-order valence-corrected chi connectivity index (χ2v) is 5.07. The third-order valence-corrected chi connectivity index (χ3v) is 3.12. The molecule has 0 fully saturated rings. The van der Waals surface area contributed by atoms with Crippen LogP contribution in [0, 0.1) is 12.3 Å². The van der Waals surface area contributed by atoms with E-state index in [1.54, 1.807) is 18.3 Å². The minimum atomic E-state index is -0.0467. The average molecular weight is 269 g/mol. The van der Waals surface area contributed by atoms with Crippen LogP contribution in [0.1, 0.15) is 36.6 Å². The van der Waals surface area contributed by atoms with E-state index in [0.29, 0.717) is 17.4 Å². The van der Waals surface area contributed by atoms with E-state index in [2.05, 4.69) is 37.0 Å². The molecule has 0 unspecified atom stereocenters. The highest BCUT2D eigenvalue weighted by Crippen LogP contribution is 2.28. The van der Waals surface area contributed by atoms with Crippen molar-refractivity contribution in [1.29, 1.82) is 5.41 Å². The van der Waals surface area contributed by atoms with E-state index in [1.807, 2.05) is 6.92 Å². The predicted molar refractivity (Wildman–Crippen MR) is 80.6 cm³/mol. The van der Waals surface area contributed by atoms with Gasteiger partial charge in [-0.15, -0.1) is 0 Å². The number of nitrogens with zero attached hydrogens (tertiary/aromatic N) is 1. The lowest BCUT2D eigenvalue weighted by atomic mass is 10.0. The number of hydrogen-bond acceptors (Lipinski definition) is 3. The molecule has 4 nitrogen and oxygen atoms in total. The summed E-state index contributed by atoms with van der Waals surface area (Å²) in [7, 11) is 0. The van der Waals surface area contributed by atoms with Crippen LogP contribution in [0.25, 0.3) is 0 Å². The zero-order valence-electron chi connectivity index (χ0n) is 12.0. The Hall–Kier alpha value is -2.36. The van der Waals surface area contributed by atoms with Crippen LogP contribution >= 0.6 is 0 Å². The fourth-order valence-electron chi connectivity index (χ4n) is 1.81. The first kappa shape index (κ1) is 14.1. The highest BCUT2D eigenvalue weighted by molar-refractivity contribution is 5.92. The van der Waals surface area contributed by atoms with Gasteiger partial charge in [-0.3, -0.25) is 5.41 Å². The van der Waals surface area contributed by atoms with Gasteiger partial charge in [0.1, 0.15) is 23.0 Å². The predicted octanol–water partition coefficient (Wildman–Crippen LogP) is 3.59. The van der Waals surface area contributed by atoms with Crippen LogP contribution in [-0.4, -0.2) is 10.8 Å². The van der Waals surface area contributed by atoms with E-state index in [9.17, 15) is 0 Å². The molecule has 0 radical (unpaired) electrons. The molecule has 1 aromatic heterocycles. The molecule has 0 aliphatic heterocycles. The number of nitrogen functional groups attached to an aromatic ring is 1. The number of nitrogens with two attached hydrogens (primary N) is 1. The lowest BCUT2D eigenvalue weighted by Crippen LogP contribution is -2.12. The Kier molecular flexibility index (Phi) is 4.03. The molecule has 0 saturated carbocycles. The van der Waals surface area contributed by atoms with Crippen molar-refractivity contribution in [3.63, 3.8) is 0 Å². The van der Waals surface area contributed by atoms with Gasteiger partial charge >= 0.3 is 0 Å². The van der Waals surface area contributed by atoms with Crippen LogP contribution in [0.2, 0.25) is 0 Å². The molecule has 1 heterocycles. The van der Waals surface area contributed by atoms with Gasteiger partial charge < -0.3 is 10.5 Å². The van der Waals surface area contributed by atoms with Crippen LogP contribution in [0.5, 0.6) is 11.5 Å². The number of aryl methyl sites for hydroxylation is 1. The van der Waals surface area contributed by atoms with E-state index in [4.69, 9.17) is 15.9 Å². The van der Waals surface area contributed by atoms with Crippen LogP contribution in [-0.2, 0) is 0 Å². The van der Waals surface area contributed by atoms with Crippen LogP contribution < -0.4 is 10.5 Å². The topological polar surface area (TPSA) is 72.0 Å². The van der Waals surface area contributed by atoms with E-state index >= 15 is 0 Å². The van der Waals surface area contributed by atoms with Crippen molar-refractivity contribution in [1.82, 2.24) is 4.98 Å². The molecule has 0 amide bonds. The van der Waals surface area contributed by atoms with Crippen LogP contribution in [0.15, 0.2) is 36.5 Å². The van der Waals surface area contributed by atoms with Crippen molar-refractivity contribution in [3.8, 4) is 11.5 Å². The summed E-state index contributed by atoms with van der Waals surface area (Å²) in [5.74, 6) is 1.87. The summed E-state index contributed by atoms with van der Waals surface area (Å²) in [6, 6.07) is 9.68. The van der Waals surface area contributed by atoms with Crippen molar-refractivity contribution >= 4 is 5.84 Å². The van der Waals surface area contributed by atoms with Gasteiger partial charge in [-0.05, 0) is 42.2 Å². The van der Waals surface area contributed by atoms with E-state index in [-0.39, 0.29) is 5.84 Å². The van der Waals surface area contributed by atoms with E-state index in [0.717, 1.165) is 11.3 Å². The number of aromatic nitrogens is 1. The van der Waals surface area contributed by atoms with Crippen LogP contribution in [0.3, 0.4) is 0 Å². The fraction of sp³-hybridized carbons (Fsp3) is 0.250. The molecule has 0 aliphatic rings. The maximum atomic E-state index is 7.31. The van der Waals surface area contributed by atoms with Crippen molar-refractivity contribution in [2.24, 2.45) is 5.73 Å². The van der Waals surface area contributed by atoms with Crippen molar-refractivity contribution in [2.75, 3.05) is 0 Å². The molecular formula is C16H19N3O. The van der Waals surface area contributed by atoms with Gasteiger partial charge in [0.15, 0.2) is 0 Å². The van der Waals surface area contributed by atoms with E-state index < -0.39 is 0 Å². The minimum absolute atomic E-state index is 0.0467. The van der Waals surface area contributed by atoms with Gasteiger partial charge in [0.2, 0.25) is 0 Å². The average Bonchev–Trinajstić information content (AvgIpc) is 2.41. The lowest BCUT2D eigenvalue weighted by molar-refractivity contribution is 0.475. The van der Waals surface area contributed by atoms with Gasteiger partial charge in [0.05, 0.1) is 6.20 Å². The number of nitrogens with one attached hydrogen (secondary N) is 1. The normalized spacial score (nSPS) is 10.6. The Morgan fingerprint density at radius 1 is 1.25 bits per heavy atom. The summed E-state index contributed by atoms with van der Waals surface area (Å²) in [4.78, 5) is 4.09. The highest BCUT2D eigenvalue weighted by Gasteiger charge is 2.07. The Labute approximate surface area is 119 Å². The second kappa shape index (κ2) is 5.74. The molecule has 2 rings (SSSR count). The minimum Gasteiger partial charge on any atom is -0.455 e. The molecule has 2 aromatic rings. The molecule has 0 bridgehead atoms. The Balaban J connectivity index is 2.25. The number of rotatable bonds is 4. The molecule has 0 saturated heterocycles. The van der Waals surface area contributed by atoms with Crippen molar-refractivity contribution in [2.45, 2.75) is 26.7 Å². The molecule has 104 valence electrons. The highest BCUT2D eigenvalue weighted by atomic mass is 16.5. The molecule has 20 heavy (non-hydrogen) atoms. The van der Waals surface area contributed by atoms with Crippen molar-refractivity contribution in [3.05, 3.63) is 53.3 Å². The standard InChI is InChI=1S/C16H19N3O/c1-10(2)12-5-4-11(3)15(8-12)20-13-6-7-14(16(17)18)19-9-13/h4-10H,1-3H3,(H3,17,18). The summed E-state index contributed by atoms with van der Waals surface area (Å²) < 4.78 is 5.86. The van der Waals surface area contributed by atoms with Gasteiger partial charge in [-0.25, -0.2) is 4.98 Å². The fourth-order valence-corrected chi connectivity index (χ4v) is 1.81. The number of amidine groups is 1. The molecular weight excluding hydrogens is 250 g/mol. The summed E-state index contributed by atoms with van der Waals surface area (Å²) in [5.41, 5.74) is 8.13. The summed E-state index contributed by atoms with van der Waals surface area (Å²) >= 11 is 0. The van der Waals surface area contributed by atoms with Crippen molar-refractivity contribution < 1.29 is 4.74 Å². The monoisotopic (exact) mass is 269 g/mol. The maximum absolute atomic E-state index is 7.31. The maximum Gasteiger partial charge on any atom is 0.145 e.